The molecule has 0 aromatic carbocycles. The monoisotopic (exact) mass is 258 g/mol. The van der Waals surface area contributed by atoms with Crippen molar-refractivity contribution in [1.82, 2.24) is 0 Å². The molecule has 0 aliphatic carbocycles. The lowest BCUT2D eigenvalue weighted by Gasteiger charge is -2.23. The van der Waals surface area contributed by atoms with Crippen molar-refractivity contribution in [3.63, 3.8) is 0 Å². The number of hydrogen-bond acceptors (Lipinski definition) is 2. The minimum atomic E-state index is -0.257. The fourth-order valence-electron chi connectivity index (χ4n) is 2.38. The molecule has 0 saturated heterocycles. The highest BCUT2D eigenvalue weighted by Crippen LogP contribution is 2.17. The molecule has 3 atom stereocenters. The van der Waals surface area contributed by atoms with Gasteiger partial charge in [0.2, 0.25) is 0 Å². The van der Waals surface area contributed by atoms with Crippen LogP contribution in [0, 0.1) is 0 Å². The lowest BCUT2D eigenvalue weighted by molar-refractivity contribution is -0.0326. The summed E-state index contributed by atoms with van der Waals surface area (Å²) in [7, 11) is 0. The molecule has 0 aliphatic heterocycles. The third kappa shape index (κ3) is 11.0. The highest BCUT2D eigenvalue weighted by atomic mass is 16.5. The Kier molecular flexibility index (Phi) is 11.9. The van der Waals surface area contributed by atoms with Crippen molar-refractivity contribution in [2.45, 2.75) is 104 Å². The second-order valence-electron chi connectivity index (χ2n) is 5.64. The zero-order valence-corrected chi connectivity index (χ0v) is 13.0. The van der Waals surface area contributed by atoms with Crippen LogP contribution in [0.3, 0.4) is 0 Å². The number of hydrogen-bond donors (Lipinski definition) is 1. The molecule has 0 fully saturated rings. The molecule has 0 spiro atoms. The highest BCUT2D eigenvalue weighted by molar-refractivity contribution is 4.64. The van der Waals surface area contributed by atoms with E-state index in [0.717, 1.165) is 6.42 Å². The Morgan fingerprint density at radius 3 is 2.06 bits per heavy atom. The van der Waals surface area contributed by atoms with Crippen LogP contribution in [0.25, 0.3) is 0 Å². The Bertz CT molecular complexity index is 168. The molecule has 1 N–H and O–H groups in total. The van der Waals surface area contributed by atoms with E-state index in [1.165, 1.54) is 51.4 Å². The second-order valence-corrected chi connectivity index (χ2v) is 5.64. The quantitative estimate of drug-likeness (QED) is 0.514. The van der Waals surface area contributed by atoms with Crippen LogP contribution in [0.5, 0.6) is 0 Å². The minimum Gasteiger partial charge on any atom is -0.393 e. The maximum Gasteiger partial charge on any atom is 0.0578 e. The Morgan fingerprint density at radius 1 is 0.889 bits per heavy atom. The molecule has 0 aliphatic rings. The predicted molar refractivity (Wildman–Crippen MR) is 78.9 cm³/mol. The summed E-state index contributed by atoms with van der Waals surface area (Å²) in [6.07, 6.45) is 11.1. The smallest absolute Gasteiger partial charge is 0.0578 e. The summed E-state index contributed by atoms with van der Waals surface area (Å²) in [6.45, 7) is 8.39. The van der Waals surface area contributed by atoms with Crippen molar-refractivity contribution >= 4 is 0 Å². The summed E-state index contributed by atoms with van der Waals surface area (Å²) in [5.41, 5.74) is 0. The van der Waals surface area contributed by atoms with Crippen LogP contribution in [0.4, 0.5) is 0 Å². The molecule has 0 aromatic rings. The summed E-state index contributed by atoms with van der Waals surface area (Å²) in [4.78, 5) is 0. The summed E-state index contributed by atoms with van der Waals surface area (Å²) in [6, 6.07) is 0. The Morgan fingerprint density at radius 2 is 1.50 bits per heavy atom. The largest absolute Gasteiger partial charge is 0.393 e. The van der Waals surface area contributed by atoms with Gasteiger partial charge in [0.15, 0.2) is 0 Å². The number of unbranched alkanes of at least 4 members (excludes halogenated alkanes) is 4. The van der Waals surface area contributed by atoms with Gasteiger partial charge in [0.05, 0.1) is 18.3 Å². The molecule has 110 valence electrons. The van der Waals surface area contributed by atoms with Crippen molar-refractivity contribution in [1.29, 1.82) is 0 Å². The maximum atomic E-state index is 9.38. The minimum absolute atomic E-state index is 0.179. The normalized spacial score (nSPS) is 16.5. The van der Waals surface area contributed by atoms with Crippen LogP contribution in [0.15, 0.2) is 0 Å². The third-order valence-electron chi connectivity index (χ3n) is 3.36. The van der Waals surface area contributed by atoms with Crippen molar-refractivity contribution in [3.05, 3.63) is 0 Å². The van der Waals surface area contributed by atoms with Gasteiger partial charge < -0.3 is 9.84 Å². The van der Waals surface area contributed by atoms with Crippen LogP contribution >= 0.6 is 0 Å². The zero-order chi connectivity index (χ0) is 13.8. The summed E-state index contributed by atoms with van der Waals surface area (Å²) in [5, 5.41) is 9.38. The van der Waals surface area contributed by atoms with E-state index in [0.29, 0.717) is 6.10 Å². The van der Waals surface area contributed by atoms with Gasteiger partial charge in [-0.3, -0.25) is 0 Å². The topological polar surface area (TPSA) is 29.5 Å². The first-order valence-corrected chi connectivity index (χ1v) is 7.93. The van der Waals surface area contributed by atoms with Gasteiger partial charge in [0.1, 0.15) is 0 Å². The predicted octanol–water partition coefficient (Wildman–Crippen LogP) is 4.69. The van der Waals surface area contributed by atoms with Gasteiger partial charge in [-0.2, -0.15) is 0 Å². The lowest BCUT2D eigenvalue weighted by Crippen LogP contribution is -2.23. The molecule has 2 nitrogen and oxygen atoms in total. The Labute approximate surface area is 114 Å². The fourth-order valence-corrected chi connectivity index (χ4v) is 2.38. The first-order valence-electron chi connectivity index (χ1n) is 7.93. The average Bonchev–Trinajstić information content (AvgIpc) is 2.30. The molecular weight excluding hydrogens is 224 g/mol. The van der Waals surface area contributed by atoms with Gasteiger partial charge in [-0.15, -0.1) is 0 Å². The Balaban J connectivity index is 3.89. The van der Waals surface area contributed by atoms with Crippen LogP contribution in [-0.2, 0) is 4.74 Å². The molecule has 0 aromatic heterocycles. The molecule has 0 rings (SSSR count). The van der Waals surface area contributed by atoms with Gasteiger partial charge >= 0.3 is 0 Å². The van der Waals surface area contributed by atoms with Crippen molar-refractivity contribution in [2.24, 2.45) is 0 Å². The van der Waals surface area contributed by atoms with E-state index >= 15 is 0 Å². The summed E-state index contributed by atoms with van der Waals surface area (Å²) < 4.78 is 6.08. The number of rotatable bonds is 12. The third-order valence-corrected chi connectivity index (χ3v) is 3.36. The van der Waals surface area contributed by atoms with Crippen LogP contribution in [0.2, 0.25) is 0 Å². The first kappa shape index (κ1) is 17.9. The fraction of sp³-hybridized carbons (Fsp3) is 1.00. The molecule has 0 amide bonds. The standard InChI is InChI=1S/C16H34O2/c1-5-7-9-10-12-16(11-8-6-2)18-15(4)13-14(3)17/h14-17H,5-13H2,1-4H3/t14-,15-,16-/m1/s1. The van der Waals surface area contributed by atoms with E-state index in [1.807, 2.05) is 6.92 Å². The summed E-state index contributed by atoms with van der Waals surface area (Å²) >= 11 is 0. The molecule has 0 unspecified atom stereocenters. The maximum absolute atomic E-state index is 9.38. The zero-order valence-electron chi connectivity index (χ0n) is 13.0. The highest BCUT2D eigenvalue weighted by Gasteiger charge is 2.14. The van der Waals surface area contributed by atoms with E-state index in [1.54, 1.807) is 0 Å². The van der Waals surface area contributed by atoms with Gasteiger partial charge in [0.25, 0.3) is 0 Å². The number of ether oxygens (including phenoxy) is 1. The van der Waals surface area contributed by atoms with Crippen LogP contribution < -0.4 is 0 Å². The van der Waals surface area contributed by atoms with Crippen LogP contribution in [0.1, 0.15) is 85.5 Å². The van der Waals surface area contributed by atoms with Gasteiger partial charge in [-0.05, 0) is 33.1 Å². The Hall–Kier alpha value is -0.0800. The average molecular weight is 258 g/mol. The molecule has 18 heavy (non-hydrogen) atoms. The van der Waals surface area contributed by atoms with Crippen molar-refractivity contribution in [2.75, 3.05) is 0 Å². The van der Waals surface area contributed by atoms with E-state index in [9.17, 15) is 5.11 Å². The molecule has 0 radical (unpaired) electrons. The van der Waals surface area contributed by atoms with Crippen molar-refractivity contribution in [3.8, 4) is 0 Å². The molecular formula is C16H34O2. The molecule has 0 bridgehead atoms. The van der Waals surface area contributed by atoms with E-state index in [4.69, 9.17) is 4.74 Å². The van der Waals surface area contributed by atoms with E-state index in [2.05, 4.69) is 20.8 Å². The molecule has 0 heterocycles. The number of aliphatic hydroxyl groups excluding tert-OH is 1. The van der Waals surface area contributed by atoms with Gasteiger partial charge in [0, 0.05) is 0 Å². The van der Waals surface area contributed by atoms with Crippen molar-refractivity contribution < 1.29 is 9.84 Å². The summed E-state index contributed by atoms with van der Waals surface area (Å²) in [5.74, 6) is 0. The van der Waals surface area contributed by atoms with Crippen LogP contribution in [-0.4, -0.2) is 23.4 Å². The second kappa shape index (κ2) is 12.0. The van der Waals surface area contributed by atoms with Gasteiger partial charge in [-0.1, -0.05) is 52.4 Å². The molecule has 2 heteroatoms. The number of aliphatic hydroxyl groups is 1. The van der Waals surface area contributed by atoms with E-state index in [-0.39, 0.29) is 12.2 Å². The van der Waals surface area contributed by atoms with Gasteiger partial charge in [-0.25, -0.2) is 0 Å². The van der Waals surface area contributed by atoms with E-state index < -0.39 is 0 Å². The first-order chi connectivity index (χ1) is 8.60. The molecule has 0 saturated carbocycles. The SMILES string of the molecule is CCCCCC[C@@H](CCCC)O[C@H](C)C[C@@H](C)O. The lowest BCUT2D eigenvalue weighted by atomic mass is 10.0.